The summed E-state index contributed by atoms with van der Waals surface area (Å²) >= 11 is 0. The van der Waals surface area contributed by atoms with Crippen LogP contribution >= 0.6 is 7.82 Å². The molecule has 0 aromatic heterocycles. The van der Waals surface area contributed by atoms with Gasteiger partial charge in [-0.2, -0.15) is 0 Å². The van der Waals surface area contributed by atoms with Gasteiger partial charge in [-0.15, -0.1) is 0 Å². The predicted molar refractivity (Wildman–Crippen MR) is 376 cm³/mol. The lowest BCUT2D eigenvalue weighted by molar-refractivity contribution is -0.161. The van der Waals surface area contributed by atoms with Gasteiger partial charge < -0.3 is 20.1 Å². The lowest BCUT2D eigenvalue weighted by atomic mass is 10.0. The van der Waals surface area contributed by atoms with E-state index >= 15 is 0 Å². The Labute approximate surface area is 535 Å². The van der Waals surface area contributed by atoms with Crippen molar-refractivity contribution in [3.8, 4) is 0 Å². The average Bonchev–Trinajstić information content (AvgIpc) is 3.64. The molecule has 0 aromatic carbocycles. The zero-order valence-corrected chi connectivity index (χ0v) is 56.6. The van der Waals surface area contributed by atoms with Crippen LogP contribution in [0, 0.1) is 0 Å². The van der Waals surface area contributed by atoms with Gasteiger partial charge in [0.25, 0.3) is 0 Å². The van der Waals surface area contributed by atoms with E-state index in [1.807, 2.05) is 0 Å². The van der Waals surface area contributed by atoms with Gasteiger partial charge in [-0.25, -0.2) is 4.57 Å². The molecule has 0 aliphatic rings. The van der Waals surface area contributed by atoms with E-state index in [4.69, 9.17) is 24.3 Å². The highest BCUT2D eigenvalue weighted by molar-refractivity contribution is 7.47. The molecule has 0 heterocycles. The fourth-order valence-corrected chi connectivity index (χ4v) is 10.4. The molecule has 0 radical (unpaired) electrons. The number of esters is 2. The first-order valence-electron chi connectivity index (χ1n) is 35.3. The molecule has 0 bridgehead atoms. The molecule has 0 aliphatic heterocycles. The Morgan fingerprint density at radius 1 is 0.345 bits per heavy atom. The van der Waals surface area contributed by atoms with E-state index in [2.05, 4.69) is 160 Å². The molecule has 0 spiro atoms. The van der Waals surface area contributed by atoms with Crippen molar-refractivity contribution in [1.29, 1.82) is 0 Å². The van der Waals surface area contributed by atoms with Crippen molar-refractivity contribution in [3.05, 3.63) is 146 Å². The maximum Gasteiger partial charge on any atom is 0.472 e. The summed E-state index contributed by atoms with van der Waals surface area (Å²) < 4.78 is 33.1. The zero-order chi connectivity index (χ0) is 63.0. The third-order valence-electron chi connectivity index (χ3n) is 14.7. The second kappa shape index (κ2) is 71.0. The van der Waals surface area contributed by atoms with Crippen LogP contribution < -0.4 is 5.73 Å². The number of phosphoric acid groups is 1. The van der Waals surface area contributed by atoms with Crippen molar-refractivity contribution in [2.45, 2.75) is 302 Å². The van der Waals surface area contributed by atoms with Crippen molar-refractivity contribution >= 4 is 19.8 Å². The zero-order valence-electron chi connectivity index (χ0n) is 55.7. The van der Waals surface area contributed by atoms with Crippen molar-refractivity contribution < 1.29 is 37.6 Å². The van der Waals surface area contributed by atoms with Gasteiger partial charge >= 0.3 is 19.8 Å². The van der Waals surface area contributed by atoms with E-state index in [0.29, 0.717) is 6.42 Å². The van der Waals surface area contributed by atoms with E-state index in [0.717, 1.165) is 116 Å². The van der Waals surface area contributed by atoms with Crippen LogP contribution in [0.15, 0.2) is 146 Å². The highest BCUT2D eigenvalue weighted by atomic mass is 31.2. The molecule has 0 fully saturated rings. The predicted octanol–water partition coefficient (Wildman–Crippen LogP) is 23.4. The Kier molecular flexibility index (Phi) is 67.6. The monoisotopic (exact) mass is 1230 g/mol. The van der Waals surface area contributed by atoms with Crippen LogP contribution in [0.1, 0.15) is 296 Å². The van der Waals surface area contributed by atoms with Gasteiger partial charge in [0, 0.05) is 19.4 Å². The van der Waals surface area contributed by atoms with Gasteiger partial charge in [0.2, 0.25) is 0 Å². The smallest absolute Gasteiger partial charge is 0.462 e. The second-order valence-corrected chi connectivity index (χ2v) is 24.4. The molecule has 2 unspecified atom stereocenters. The molecule has 0 aliphatic carbocycles. The van der Waals surface area contributed by atoms with Gasteiger partial charge in [0.05, 0.1) is 13.2 Å². The maximum atomic E-state index is 12.7. The number of allylic oxidation sites excluding steroid dienone is 24. The first-order valence-corrected chi connectivity index (χ1v) is 36.8. The van der Waals surface area contributed by atoms with E-state index < -0.39 is 32.5 Å². The second-order valence-electron chi connectivity index (χ2n) is 23.0. The first-order chi connectivity index (χ1) is 42.8. The van der Waals surface area contributed by atoms with Crippen LogP contribution in [0.3, 0.4) is 0 Å². The molecule has 0 aromatic rings. The third kappa shape index (κ3) is 70.8. The van der Waals surface area contributed by atoms with Crippen molar-refractivity contribution in [2.24, 2.45) is 5.73 Å². The molecule has 2 atom stereocenters. The largest absolute Gasteiger partial charge is 0.472 e. The topological polar surface area (TPSA) is 134 Å². The average molecular weight is 1230 g/mol. The molecule has 0 saturated carbocycles. The summed E-state index contributed by atoms with van der Waals surface area (Å²) in [6, 6.07) is 0. The standard InChI is InChI=1S/C77H130NO8P/c1-3-5-7-9-11-13-15-17-19-21-23-25-27-29-30-31-32-33-34-35-36-37-38-39-40-41-42-43-44-46-47-49-51-53-55-57-59-61-63-65-67-69-76(79)83-73-75(74-85-87(81,82)84-72-71-78)86-77(80)70-68-66-64-62-60-58-56-54-52-50-48-45-28-26-24-22-20-18-16-14-12-10-8-6-4-2/h5-8,11-14,17-20,23-26,29-30,45,48,52,54,58,60,75H,3-4,9-10,15-16,21-22,27-28,31-44,46-47,49-51,53,55-57,59,61-74,78H2,1-2H3,(H,81,82)/b7-5-,8-6-,13-11-,14-12-,19-17-,20-18-,25-23-,26-24-,30-29-,48-45-,54-52-,60-58-. The van der Waals surface area contributed by atoms with Crippen LogP contribution in [0.25, 0.3) is 0 Å². The summed E-state index contributed by atoms with van der Waals surface area (Å²) in [6.45, 7) is 3.49. The molecule has 9 nitrogen and oxygen atoms in total. The molecule has 0 saturated heterocycles. The number of nitrogens with two attached hydrogens (primary N) is 1. The van der Waals surface area contributed by atoms with Gasteiger partial charge in [-0.3, -0.25) is 18.6 Å². The van der Waals surface area contributed by atoms with Crippen LogP contribution in [-0.2, 0) is 32.7 Å². The Hall–Kier alpha value is -4.11. The highest BCUT2D eigenvalue weighted by Gasteiger charge is 2.26. The van der Waals surface area contributed by atoms with E-state index in [1.165, 1.54) is 148 Å². The van der Waals surface area contributed by atoms with Gasteiger partial charge in [-0.1, -0.05) is 314 Å². The first kappa shape index (κ1) is 82.9. The summed E-state index contributed by atoms with van der Waals surface area (Å²) in [5, 5.41) is 0. The Morgan fingerprint density at radius 2 is 0.598 bits per heavy atom. The summed E-state index contributed by atoms with van der Waals surface area (Å²) in [6.07, 6.45) is 102. The minimum atomic E-state index is -4.41. The minimum Gasteiger partial charge on any atom is -0.462 e. The van der Waals surface area contributed by atoms with Gasteiger partial charge in [-0.05, 0) is 116 Å². The number of carbonyl (C=O) groups is 2. The fourth-order valence-electron chi connectivity index (χ4n) is 9.59. The fraction of sp³-hybridized carbons (Fsp3) is 0.662. The number of unbranched alkanes of at least 4 members (excludes halogenated alkanes) is 28. The van der Waals surface area contributed by atoms with Crippen molar-refractivity contribution in [1.82, 2.24) is 0 Å². The SMILES string of the molecule is CC/C=C\C/C=C\C/C=C\C/C=C\C/C=C\C/C=C\C/C=C\CCCCCC(=O)OC(COC(=O)CCCCCCCCCCCCCCCCCCCCCCCCCCC/C=C\C/C=C\C/C=C\C/C=C\C/C=C\CC)COP(=O)(O)OCCN. The van der Waals surface area contributed by atoms with Crippen LogP contribution in [0.4, 0.5) is 0 Å². The summed E-state index contributed by atoms with van der Waals surface area (Å²) in [5.41, 5.74) is 5.40. The lowest BCUT2D eigenvalue weighted by Gasteiger charge is -2.19. The van der Waals surface area contributed by atoms with Crippen LogP contribution in [0.5, 0.6) is 0 Å². The molecular formula is C77H130NO8P. The summed E-state index contributed by atoms with van der Waals surface area (Å²) in [4.78, 5) is 35.3. The minimum absolute atomic E-state index is 0.0421. The van der Waals surface area contributed by atoms with E-state index in [1.54, 1.807) is 0 Å². The molecule has 3 N–H and O–H groups in total. The molecule has 496 valence electrons. The molecule has 87 heavy (non-hydrogen) atoms. The number of phosphoric ester groups is 1. The highest BCUT2D eigenvalue weighted by Crippen LogP contribution is 2.43. The lowest BCUT2D eigenvalue weighted by Crippen LogP contribution is -2.29. The number of rotatable bonds is 65. The Morgan fingerprint density at radius 3 is 0.897 bits per heavy atom. The third-order valence-corrected chi connectivity index (χ3v) is 15.7. The summed E-state index contributed by atoms with van der Waals surface area (Å²) in [5.74, 6) is -0.865. The van der Waals surface area contributed by atoms with Crippen molar-refractivity contribution in [2.75, 3.05) is 26.4 Å². The number of hydrogen-bond donors (Lipinski definition) is 2. The molecule has 0 amide bonds. The summed E-state index contributed by atoms with van der Waals surface area (Å²) in [7, 11) is -4.41. The van der Waals surface area contributed by atoms with Crippen molar-refractivity contribution in [3.63, 3.8) is 0 Å². The molecule has 10 heteroatoms. The molecular weight excluding hydrogens is 1100 g/mol. The maximum absolute atomic E-state index is 12.7. The number of hydrogen-bond acceptors (Lipinski definition) is 8. The van der Waals surface area contributed by atoms with Gasteiger partial charge in [0.1, 0.15) is 6.61 Å². The Balaban J connectivity index is 3.86. The number of ether oxygens (including phenoxy) is 2. The van der Waals surface area contributed by atoms with Crippen LogP contribution in [-0.4, -0.2) is 49.3 Å². The van der Waals surface area contributed by atoms with Gasteiger partial charge in [0.15, 0.2) is 6.10 Å². The van der Waals surface area contributed by atoms with E-state index in [-0.39, 0.29) is 32.6 Å². The quantitative estimate of drug-likeness (QED) is 0.0264. The van der Waals surface area contributed by atoms with E-state index in [9.17, 15) is 19.0 Å². The Bertz CT molecular complexity index is 1940. The number of carbonyl (C=O) groups excluding carboxylic acids is 2. The van der Waals surface area contributed by atoms with Crippen LogP contribution in [0.2, 0.25) is 0 Å². The normalized spacial score (nSPS) is 13.8. The molecule has 0 rings (SSSR count).